The van der Waals surface area contributed by atoms with E-state index in [1.165, 1.54) is 31.3 Å². The van der Waals surface area contributed by atoms with Gasteiger partial charge in [0, 0.05) is 5.56 Å². The van der Waals surface area contributed by atoms with Gasteiger partial charge in [0.2, 0.25) is 10.9 Å². The molecule has 0 radical (unpaired) electrons. The maximum Gasteiger partial charge on any atom is 0.337 e. The van der Waals surface area contributed by atoms with Gasteiger partial charge < -0.3 is 9.47 Å². The predicted octanol–water partition coefficient (Wildman–Crippen LogP) is 2.80. The van der Waals surface area contributed by atoms with Crippen molar-refractivity contribution >= 4 is 39.9 Å². The zero-order chi connectivity index (χ0) is 23.7. The fraction of sp³-hybridized carbons (Fsp3) is 0.217. The number of benzene rings is 2. The number of nitrogens with zero attached hydrogens (tertiary/aromatic N) is 3. The van der Waals surface area contributed by atoms with E-state index in [1.54, 1.807) is 43.3 Å². The van der Waals surface area contributed by atoms with Crippen LogP contribution < -0.4 is 9.64 Å². The second-order valence-corrected chi connectivity index (χ2v) is 8.43. The Bertz CT molecular complexity index is 1240. The third-order valence-electron chi connectivity index (χ3n) is 5.36. The van der Waals surface area contributed by atoms with Crippen molar-refractivity contribution in [3.63, 3.8) is 0 Å². The highest BCUT2D eigenvalue weighted by Crippen LogP contribution is 2.42. The minimum Gasteiger partial charge on any atom is -0.497 e. The molecule has 9 nitrogen and oxygen atoms in total. The molecule has 1 amide bonds. The van der Waals surface area contributed by atoms with Gasteiger partial charge in [-0.05, 0) is 48.9 Å². The van der Waals surface area contributed by atoms with Crippen LogP contribution in [-0.2, 0) is 14.3 Å². The van der Waals surface area contributed by atoms with Crippen molar-refractivity contribution in [2.45, 2.75) is 13.0 Å². The highest BCUT2D eigenvalue weighted by Gasteiger charge is 2.53. The Kier molecular flexibility index (Phi) is 6.01. The summed E-state index contributed by atoms with van der Waals surface area (Å²) in [7, 11) is 2.78. The number of ether oxygens (including phenoxy) is 2. The van der Waals surface area contributed by atoms with Crippen molar-refractivity contribution in [2.24, 2.45) is 5.92 Å². The topological polar surface area (TPSA) is 116 Å². The summed E-state index contributed by atoms with van der Waals surface area (Å²) in [6.45, 7) is 1.73. The van der Waals surface area contributed by atoms with Gasteiger partial charge in [0.05, 0.1) is 25.8 Å². The molecular weight excluding hydrogens is 446 g/mol. The van der Waals surface area contributed by atoms with Gasteiger partial charge >= 0.3 is 5.97 Å². The molecule has 4 rings (SSSR count). The first-order valence-electron chi connectivity index (χ1n) is 9.89. The molecule has 2 unspecified atom stereocenters. The smallest absolute Gasteiger partial charge is 0.337 e. The summed E-state index contributed by atoms with van der Waals surface area (Å²) in [5.41, 5.74) is 1.07. The summed E-state index contributed by atoms with van der Waals surface area (Å²) >= 11 is 1.14. The number of carbonyl (C=O) groups excluding carboxylic acids is 4. The van der Waals surface area contributed by atoms with Crippen LogP contribution in [-0.4, -0.2) is 47.9 Å². The molecule has 1 fully saturated rings. The van der Waals surface area contributed by atoms with Crippen molar-refractivity contribution in [2.75, 3.05) is 19.1 Å². The summed E-state index contributed by atoms with van der Waals surface area (Å²) in [6, 6.07) is 11.6. The Balaban J connectivity index is 1.80. The standard InChI is InChI=1S/C23H19N3O6S/c1-12-24-25-23(33-12)26-18(13-4-6-15(7-5-13)22(30)32-3)17(20(28)21(26)29)19(27)14-8-10-16(31-2)11-9-14/h4-11,17-18H,1-3H3. The van der Waals surface area contributed by atoms with Crippen LogP contribution in [0.25, 0.3) is 0 Å². The molecule has 0 aliphatic carbocycles. The van der Waals surface area contributed by atoms with Crippen molar-refractivity contribution in [1.29, 1.82) is 0 Å². The lowest BCUT2D eigenvalue weighted by molar-refractivity contribution is -0.135. The van der Waals surface area contributed by atoms with Gasteiger partial charge in [0.25, 0.3) is 5.91 Å². The van der Waals surface area contributed by atoms with Crippen LogP contribution in [0.2, 0.25) is 0 Å². The maximum atomic E-state index is 13.4. The largest absolute Gasteiger partial charge is 0.497 e. The number of rotatable bonds is 6. The van der Waals surface area contributed by atoms with E-state index in [9.17, 15) is 19.2 Å². The van der Waals surface area contributed by atoms with E-state index in [2.05, 4.69) is 10.2 Å². The number of anilines is 1. The van der Waals surface area contributed by atoms with Crippen molar-refractivity contribution in [1.82, 2.24) is 10.2 Å². The number of esters is 1. The molecule has 1 aliphatic heterocycles. The molecule has 0 spiro atoms. The minimum atomic E-state index is -1.29. The number of aryl methyl sites for hydroxylation is 1. The van der Waals surface area contributed by atoms with E-state index < -0.39 is 35.4 Å². The normalized spacial score (nSPS) is 17.8. The molecule has 168 valence electrons. The first kappa shape index (κ1) is 22.3. The number of aromatic nitrogens is 2. The lowest BCUT2D eigenvalue weighted by atomic mass is 9.86. The lowest BCUT2D eigenvalue weighted by Gasteiger charge is -2.25. The van der Waals surface area contributed by atoms with Crippen LogP contribution in [0.5, 0.6) is 5.75 Å². The van der Waals surface area contributed by atoms with Crippen LogP contribution in [0.15, 0.2) is 48.5 Å². The summed E-state index contributed by atoms with van der Waals surface area (Å²) < 4.78 is 9.85. The number of hydrogen-bond acceptors (Lipinski definition) is 9. The Hall–Kier alpha value is -3.92. The predicted molar refractivity (Wildman–Crippen MR) is 118 cm³/mol. The van der Waals surface area contributed by atoms with E-state index in [0.717, 1.165) is 11.3 Å². The number of methoxy groups -OCH3 is 2. The summed E-state index contributed by atoms with van der Waals surface area (Å²) in [4.78, 5) is 52.6. The van der Waals surface area contributed by atoms with Crippen LogP contribution >= 0.6 is 11.3 Å². The van der Waals surface area contributed by atoms with Gasteiger partial charge in [-0.25, -0.2) is 4.79 Å². The van der Waals surface area contributed by atoms with Crippen LogP contribution in [0, 0.1) is 12.8 Å². The molecule has 1 aromatic heterocycles. The zero-order valence-corrected chi connectivity index (χ0v) is 18.8. The molecule has 3 aromatic rings. The average Bonchev–Trinajstić information content (AvgIpc) is 3.38. The molecule has 0 N–H and O–H groups in total. The van der Waals surface area contributed by atoms with Gasteiger partial charge in [-0.15, -0.1) is 10.2 Å². The van der Waals surface area contributed by atoms with E-state index >= 15 is 0 Å². The second-order valence-electron chi connectivity index (χ2n) is 7.27. The molecule has 1 saturated heterocycles. The fourth-order valence-corrected chi connectivity index (χ4v) is 4.46. The third-order valence-corrected chi connectivity index (χ3v) is 6.20. The van der Waals surface area contributed by atoms with Gasteiger partial charge in [-0.1, -0.05) is 23.5 Å². The number of amides is 1. The first-order valence-corrected chi connectivity index (χ1v) is 10.7. The first-order chi connectivity index (χ1) is 15.8. The van der Waals surface area contributed by atoms with Crippen LogP contribution in [0.3, 0.4) is 0 Å². The maximum absolute atomic E-state index is 13.4. The number of hydrogen-bond donors (Lipinski definition) is 0. The third kappa shape index (κ3) is 4.00. The molecule has 2 atom stereocenters. The second kappa shape index (κ2) is 8.91. The molecule has 0 bridgehead atoms. The van der Waals surface area contributed by atoms with Crippen molar-refractivity contribution in [3.8, 4) is 5.75 Å². The quantitative estimate of drug-likeness (QED) is 0.236. The van der Waals surface area contributed by atoms with Gasteiger partial charge in [0.1, 0.15) is 16.7 Å². The Morgan fingerprint density at radius 3 is 2.12 bits per heavy atom. The zero-order valence-electron chi connectivity index (χ0n) is 18.0. The average molecular weight is 465 g/mol. The summed E-state index contributed by atoms with van der Waals surface area (Å²) in [5, 5.41) is 8.80. The Labute approximate surface area is 193 Å². The minimum absolute atomic E-state index is 0.220. The summed E-state index contributed by atoms with van der Waals surface area (Å²) in [6.07, 6.45) is 0. The number of carbonyl (C=O) groups is 4. The SMILES string of the molecule is COC(=O)c1ccc(C2C(C(=O)c3ccc(OC)cc3)C(=O)C(=O)N2c2nnc(C)s2)cc1. The Morgan fingerprint density at radius 2 is 1.58 bits per heavy atom. The van der Waals surface area contributed by atoms with Crippen LogP contribution in [0.4, 0.5) is 5.13 Å². The molecule has 10 heteroatoms. The highest BCUT2D eigenvalue weighted by molar-refractivity contribution is 7.15. The Morgan fingerprint density at radius 1 is 0.939 bits per heavy atom. The molecule has 33 heavy (non-hydrogen) atoms. The summed E-state index contributed by atoms with van der Waals surface area (Å²) in [5.74, 6) is -3.42. The monoisotopic (exact) mass is 465 g/mol. The molecular formula is C23H19N3O6S. The van der Waals surface area contributed by atoms with E-state index in [-0.39, 0.29) is 10.7 Å². The van der Waals surface area contributed by atoms with Crippen LogP contribution in [0.1, 0.15) is 37.3 Å². The molecule has 1 aliphatic rings. The molecule has 2 aromatic carbocycles. The van der Waals surface area contributed by atoms with Gasteiger partial charge in [-0.3, -0.25) is 19.3 Å². The molecule has 0 saturated carbocycles. The molecule has 2 heterocycles. The number of Topliss-reactive ketones (excluding diaryl/α,β-unsaturated/α-hetero) is 2. The lowest BCUT2D eigenvalue weighted by Crippen LogP contribution is -2.30. The van der Waals surface area contributed by atoms with E-state index in [1.807, 2.05) is 0 Å². The van der Waals surface area contributed by atoms with Gasteiger partial charge in [-0.2, -0.15) is 0 Å². The number of ketones is 2. The van der Waals surface area contributed by atoms with E-state index in [0.29, 0.717) is 21.9 Å². The van der Waals surface area contributed by atoms with Crippen molar-refractivity contribution < 1.29 is 28.7 Å². The fourth-order valence-electron chi connectivity index (χ4n) is 3.73. The van der Waals surface area contributed by atoms with Crippen molar-refractivity contribution in [3.05, 3.63) is 70.2 Å². The van der Waals surface area contributed by atoms with E-state index in [4.69, 9.17) is 9.47 Å². The highest BCUT2D eigenvalue weighted by atomic mass is 32.1. The van der Waals surface area contributed by atoms with Gasteiger partial charge in [0.15, 0.2) is 5.78 Å².